The van der Waals surface area contributed by atoms with E-state index in [1.54, 1.807) is 11.9 Å². The van der Waals surface area contributed by atoms with E-state index in [4.69, 9.17) is 5.73 Å². The molecule has 2 aliphatic rings. The number of nitrogens with one attached hydrogen (secondary N) is 4. The van der Waals surface area contributed by atoms with E-state index >= 15 is 0 Å². The number of benzene rings is 3. The molecule has 242 valence electrons. The Hall–Kier alpha value is -4.54. The Morgan fingerprint density at radius 3 is 2.02 bits per heavy atom. The lowest BCUT2D eigenvalue weighted by molar-refractivity contribution is -0.143. The Morgan fingerprint density at radius 2 is 1.43 bits per heavy atom. The summed E-state index contributed by atoms with van der Waals surface area (Å²) in [5.41, 5.74) is 8.40. The van der Waals surface area contributed by atoms with Crippen molar-refractivity contribution in [1.29, 1.82) is 0 Å². The average molecular weight is 625 g/mol. The van der Waals surface area contributed by atoms with Gasteiger partial charge < -0.3 is 31.9 Å². The third kappa shape index (κ3) is 7.81. The van der Waals surface area contributed by atoms with E-state index in [1.165, 1.54) is 0 Å². The van der Waals surface area contributed by atoms with Gasteiger partial charge in [0.15, 0.2) is 0 Å². The van der Waals surface area contributed by atoms with Crippen molar-refractivity contribution < 1.29 is 19.2 Å². The molecule has 0 bridgehead atoms. The molecule has 46 heavy (non-hydrogen) atoms. The number of nitrogens with two attached hydrogens (primary N) is 1. The van der Waals surface area contributed by atoms with Crippen LogP contribution < -0.4 is 27.0 Å². The number of carbonyl (C=O) groups is 4. The number of carbonyl (C=O) groups excluding carboxylic acids is 4. The van der Waals surface area contributed by atoms with Crippen LogP contribution in [-0.4, -0.2) is 72.8 Å². The van der Waals surface area contributed by atoms with E-state index in [2.05, 4.69) is 21.3 Å². The first-order valence-electron chi connectivity index (χ1n) is 16.1. The molecular weight excluding hydrogens is 580 g/mol. The van der Waals surface area contributed by atoms with Gasteiger partial charge in [0, 0.05) is 18.5 Å². The van der Waals surface area contributed by atoms with Crippen molar-refractivity contribution >= 4 is 23.6 Å². The molecule has 3 aromatic rings. The van der Waals surface area contributed by atoms with Crippen molar-refractivity contribution in [3.8, 4) is 0 Å². The minimum Gasteiger partial charge on any atom is -0.355 e. The highest BCUT2D eigenvalue weighted by atomic mass is 16.2. The third-order valence-electron chi connectivity index (χ3n) is 9.21. The van der Waals surface area contributed by atoms with Gasteiger partial charge in [-0.25, -0.2) is 0 Å². The zero-order valence-electron chi connectivity index (χ0n) is 26.2. The van der Waals surface area contributed by atoms with E-state index in [1.807, 2.05) is 91.0 Å². The van der Waals surface area contributed by atoms with Crippen LogP contribution >= 0.6 is 0 Å². The molecule has 4 unspecified atom stereocenters. The predicted molar refractivity (Wildman–Crippen MR) is 176 cm³/mol. The summed E-state index contributed by atoms with van der Waals surface area (Å²) in [5.74, 6) is -1.54. The second kappa shape index (κ2) is 15.6. The van der Waals surface area contributed by atoms with Gasteiger partial charge in [-0.15, -0.1) is 0 Å². The fourth-order valence-corrected chi connectivity index (χ4v) is 6.73. The molecule has 2 heterocycles. The zero-order chi connectivity index (χ0) is 32.5. The van der Waals surface area contributed by atoms with Crippen LogP contribution in [-0.2, 0) is 25.6 Å². The lowest BCUT2D eigenvalue weighted by Gasteiger charge is -2.33. The Balaban J connectivity index is 1.39. The van der Waals surface area contributed by atoms with Gasteiger partial charge in [0.05, 0.1) is 18.6 Å². The lowest BCUT2D eigenvalue weighted by atomic mass is 9.92. The van der Waals surface area contributed by atoms with Crippen molar-refractivity contribution in [2.75, 3.05) is 20.1 Å². The Bertz CT molecular complexity index is 1430. The van der Waals surface area contributed by atoms with Crippen LogP contribution in [0.25, 0.3) is 0 Å². The SMILES string of the molecule is CNC(Cc1ccccc1)C(=O)NC1C(=O)N2C(CCC1CNC(=O)CN)CC[C@H]2C(=O)NC(c1ccccc1)c1ccccc1. The van der Waals surface area contributed by atoms with Crippen molar-refractivity contribution in [3.63, 3.8) is 0 Å². The molecule has 3 aromatic carbocycles. The minimum atomic E-state index is -0.922. The maximum atomic E-state index is 14.5. The monoisotopic (exact) mass is 624 g/mol. The fourth-order valence-electron chi connectivity index (χ4n) is 6.73. The number of nitrogens with zero attached hydrogens (tertiary/aromatic N) is 1. The van der Waals surface area contributed by atoms with Crippen LogP contribution in [0.15, 0.2) is 91.0 Å². The standard InChI is InChI=1S/C36H44N6O4/c1-38-29(21-24-11-5-2-6-12-24)34(44)41-33-27(23-39-31(43)22-37)17-18-28-19-20-30(42(28)36(33)46)35(45)40-32(25-13-7-3-8-14-25)26-15-9-4-10-16-26/h2-16,27-30,32-33,38H,17-23,37H2,1H3,(H,39,43)(H,40,45)(H,41,44)/t27?,28?,29?,30-,33?/m0/s1. The minimum absolute atomic E-state index is 0.144. The van der Waals surface area contributed by atoms with Crippen molar-refractivity contribution in [2.24, 2.45) is 11.7 Å². The second-order valence-electron chi connectivity index (χ2n) is 12.1. The zero-order valence-corrected chi connectivity index (χ0v) is 26.2. The summed E-state index contributed by atoms with van der Waals surface area (Å²) >= 11 is 0. The lowest BCUT2D eigenvalue weighted by Crippen LogP contribution is -2.59. The quantitative estimate of drug-likeness (QED) is 0.209. The summed E-state index contributed by atoms with van der Waals surface area (Å²) in [6.07, 6.45) is 2.90. The second-order valence-corrected chi connectivity index (χ2v) is 12.1. The summed E-state index contributed by atoms with van der Waals surface area (Å²) in [6, 6.07) is 26.5. The van der Waals surface area contributed by atoms with Crippen LogP contribution in [0, 0.1) is 5.92 Å². The molecule has 0 spiro atoms. The van der Waals surface area contributed by atoms with E-state index in [0.717, 1.165) is 16.7 Å². The highest BCUT2D eigenvalue weighted by Crippen LogP contribution is 2.35. The first kappa shape index (κ1) is 32.8. The van der Waals surface area contributed by atoms with Crippen LogP contribution in [0.1, 0.15) is 48.4 Å². The van der Waals surface area contributed by atoms with Crippen molar-refractivity contribution in [1.82, 2.24) is 26.2 Å². The summed E-state index contributed by atoms with van der Waals surface area (Å²) < 4.78 is 0. The number of amides is 4. The van der Waals surface area contributed by atoms with Crippen LogP contribution in [0.5, 0.6) is 0 Å². The normalized spacial score (nSPS) is 21.6. The number of likely N-dealkylation sites (N-methyl/N-ethyl adjacent to an activating group) is 1. The first-order valence-corrected chi connectivity index (χ1v) is 16.1. The third-order valence-corrected chi connectivity index (χ3v) is 9.21. The van der Waals surface area contributed by atoms with Gasteiger partial charge in [0.25, 0.3) is 0 Å². The van der Waals surface area contributed by atoms with Gasteiger partial charge in [-0.1, -0.05) is 91.0 Å². The Labute approximate surface area is 270 Å². The molecule has 0 aliphatic carbocycles. The van der Waals surface area contributed by atoms with Crippen molar-refractivity contribution in [2.45, 2.75) is 62.3 Å². The molecule has 5 atom stereocenters. The molecule has 2 fully saturated rings. The van der Waals surface area contributed by atoms with E-state index in [-0.39, 0.29) is 54.7 Å². The molecular formula is C36H44N6O4. The molecule has 5 rings (SSSR count). The maximum absolute atomic E-state index is 14.5. The number of rotatable bonds is 12. The number of fused-ring (bicyclic) bond motifs is 1. The fraction of sp³-hybridized carbons (Fsp3) is 0.389. The summed E-state index contributed by atoms with van der Waals surface area (Å²) in [4.78, 5) is 56.0. The van der Waals surface area contributed by atoms with Gasteiger partial charge in [-0.05, 0) is 55.8 Å². The first-order chi connectivity index (χ1) is 22.4. The average Bonchev–Trinajstić information content (AvgIpc) is 3.48. The number of hydrogen-bond donors (Lipinski definition) is 5. The van der Waals surface area contributed by atoms with Gasteiger partial charge in [-0.3, -0.25) is 19.2 Å². The van der Waals surface area contributed by atoms with Gasteiger partial charge in [-0.2, -0.15) is 0 Å². The summed E-state index contributed by atoms with van der Waals surface area (Å²) in [5, 5.41) is 12.2. The molecule has 10 heteroatoms. The molecule has 0 radical (unpaired) electrons. The largest absolute Gasteiger partial charge is 0.355 e. The van der Waals surface area contributed by atoms with Gasteiger partial charge in [0.1, 0.15) is 12.1 Å². The Kier molecular flexibility index (Phi) is 11.2. The van der Waals surface area contributed by atoms with E-state index in [0.29, 0.717) is 32.1 Å². The van der Waals surface area contributed by atoms with Crippen LogP contribution in [0.2, 0.25) is 0 Å². The summed E-state index contributed by atoms with van der Waals surface area (Å²) in [6.45, 7) is 0.0225. The molecule has 0 aromatic heterocycles. The molecule has 4 amide bonds. The highest BCUT2D eigenvalue weighted by Gasteiger charge is 2.48. The molecule has 2 saturated heterocycles. The predicted octanol–water partition coefficient (Wildman–Crippen LogP) is 2.05. The van der Waals surface area contributed by atoms with E-state index in [9.17, 15) is 19.2 Å². The van der Waals surface area contributed by atoms with Crippen LogP contribution in [0.3, 0.4) is 0 Å². The van der Waals surface area contributed by atoms with Gasteiger partial charge in [0.2, 0.25) is 23.6 Å². The topological polar surface area (TPSA) is 146 Å². The van der Waals surface area contributed by atoms with Crippen molar-refractivity contribution in [3.05, 3.63) is 108 Å². The van der Waals surface area contributed by atoms with E-state index < -0.39 is 18.1 Å². The smallest absolute Gasteiger partial charge is 0.246 e. The summed E-state index contributed by atoms with van der Waals surface area (Å²) in [7, 11) is 1.72. The Morgan fingerprint density at radius 1 is 0.848 bits per heavy atom. The maximum Gasteiger partial charge on any atom is 0.246 e. The van der Waals surface area contributed by atoms with Crippen LogP contribution in [0.4, 0.5) is 0 Å². The molecule has 6 N–H and O–H groups in total. The molecule has 0 saturated carbocycles. The molecule has 2 aliphatic heterocycles. The highest BCUT2D eigenvalue weighted by molar-refractivity contribution is 5.94. The molecule has 10 nitrogen and oxygen atoms in total. The van der Waals surface area contributed by atoms with Gasteiger partial charge >= 0.3 is 0 Å². The number of hydrogen-bond acceptors (Lipinski definition) is 6.